The molecule has 1 aliphatic rings. The van der Waals surface area contributed by atoms with Crippen molar-refractivity contribution in [3.63, 3.8) is 0 Å². The maximum Gasteiger partial charge on any atom is 0.256 e. The van der Waals surface area contributed by atoms with E-state index in [0.29, 0.717) is 22.6 Å². The van der Waals surface area contributed by atoms with Gasteiger partial charge in [0, 0.05) is 28.3 Å². The minimum absolute atomic E-state index is 0. The van der Waals surface area contributed by atoms with Gasteiger partial charge in [-0.2, -0.15) is 0 Å². The summed E-state index contributed by atoms with van der Waals surface area (Å²) in [7, 11) is 0. The van der Waals surface area contributed by atoms with E-state index in [1.807, 2.05) is 0 Å². The third kappa shape index (κ3) is 3.53. The van der Waals surface area contributed by atoms with E-state index in [1.165, 1.54) is 30.0 Å². The van der Waals surface area contributed by atoms with Crippen molar-refractivity contribution in [2.75, 3.05) is 11.1 Å². The average molecular weight is 375 g/mol. The molecule has 24 heavy (non-hydrogen) atoms. The van der Waals surface area contributed by atoms with Crippen molar-refractivity contribution in [2.24, 2.45) is 5.73 Å². The molecule has 0 aliphatic carbocycles. The third-order valence-electron chi connectivity index (χ3n) is 3.61. The number of anilines is 1. The summed E-state index contributed by atoms with van der Waals surface area (Å²) >= 11 is 1.36. The van der Waals surface area contributed by atoms with E-state index in [0.717, 1.165) is 12.1 Å². The Balaban J connectivity index is 0.00000208. The number of thioether (sulfide) groups is 1. The third-order valence-corrected chi connectivity index (χ3v) is 4.78. The van der Waals surface area contributed by atoms with E-state index < -0.39 is 29.4 Å². The lowest BCUT2D eigenvalue weighted by Crippen LogP contribution is -2.21. The Morgan fingerprint density at radius 3 is 2.54 bits per heavy atom. The molecule has 2 aromatic rings. The number of hydrogen-bond donors (Lipinski definition) is 2. The zero-order valence-electron chi connectivity index (χ0n) is 12.3. The van der Waals surface area contributed by atoms with Gasteiger partial charge in [0.1, 0.15) is 5.82 Å². The maximum atomic E-state index is 14.0. The topological polar surface area (TPSA) is 55.1 Å². The highest BCUT2D eigenvalue weighted by Gasteiger charge is 2.26. The second-order valence-corrected chi connectivity index (χ2v) is 6.27. The first-order valence-corrected chi connectivity index (χ1v) is 7.93. The zero-order chi connectivity index (χ0) is 16.6. The Hall–Kier alpha value is -1.70. The van der Waals surface area contributed by atoms with Crippen molar-refractivity contribution in [3.8, 4) is 0 Å². The van der Waals surface area contributed by atoms with Gasteiger partial charge in [-0.1, -0.05) is 0 Å². The Labute approximate surface area is 147 Å². The summed E-state index contributed by atoms with van der Waals surface area (Å²) in [6.45, 7) is 0. The fraction of sp³-hybridized carbons (Fsp3) is 0.188. The SMILES string of the molecule is Cl.N[C@H]1CCSc2c(C(=O)Nc3ccc(F)c(F)c3)ccc(F)c21. The molecule has 0 fully saturated rings. The molecule has 0 saturated carbocycles. The Morgan fingerprint density at radius 2 is 1.83 bits per heavy atom. The lowest BCUT2D eigenvalue weighted by atomic mass is 10.0. The van der Waals surface area contributed by atoms with Gasteiger partial charge in [-0.25, -0.2) is 13.2 Å². The molecule has 1 heterocycles. The number of carbonyl (C=O) groups is 1. The minimum atomic E-state index is -1.06. The Morgan fingerprint density at radius 1 is 1.12 bits per heavy atom. The standard InChI is InChI=1S/C16H13F3N2OS.ClH/c17-10-3-1-8(7-12(10)19)21-16(22)9-2-4-11(18)14-13(20)5-6-23-15(9)14;/h1-4,7,13H,5-6,20H2,(H,21,22);1H/t13-;/m0./s1. The van der Waals surface area contributed by atoms with E-state index in [-0.39, 0.29) is 23.7 Å². The minimum Gasteiger partial charge on any atom is -0.324 e. The van der Waals surface area contributed by atoms with Gasteiger partial charge in [0.15, 0.2) is 11.6 Å². The molecular weight excluding hydrogens is 361 g/mol. The molecule has 2 aromatic carbocycles. The highest BCUT2D eigenvalue weighted by molar-refractivity contribution is 7.99. The highest BCUT2D eigenvalue weighted by atomic mass is 35.5. The van der Waals surface area contributed by atoms with Crippen LogP contribution < -0.4 is 11.1 Å². The van der Waals surface area contributed by atoms with Crippen LogP contribution in [0.5, 0.6) is 0 Å². The second-order valence-electron chi connectivity index (χ2n) is 5.16. The molecule has 0 bridgehead atoms. The first-order chi connectivity index (χ1) is 11.0. The van der Waals surface area contributed by atoms with Crippen molar-refractivity contribution < 1.29 is 18.0 Å². The van der Waals surface area contributed by atoms with Crippen LogP contribution in [0.15, 0.2) is 35.2 Å². The molecule has 1 atom stereocenters. The van der Waals surface area contributed by atoms with Crippen LogP contribution in [0.2, 0.25) is 0 Å². The van der Waals surface area contributed by atoms with Gasteiger partial charge in [0.2, 0.25) is 0 Å². The Kier molecular flexibility index (Phi) is 5.79. The number of benzene rings is 2. The summed E-state index contributed by atoms with van der Waals surface area (Å²) in [6, 6.07) is 5.18. The van der Waals surface area contributed by atoms with Crippen molar-refractivity contribution in [3.05, 3.63) is 58.9 Å². The van der Waals surface area contributed by atoms with Gasteiger partial charge in [-0.3, -0.25) is 4.79 Å². The number of halogens is 4. The molecule has 3 N–H and O–H groups in total. The second kappa shape index (κ2) is 7.46. The van der Waals surface area contributed by atoms with Crippen LogP contribution in [-0.4, -0.2) is 11.7 Å². The van der Waals surface area contributed by atoms with Gasteiger partial charge in [-0.05, 0) is 36.4 Å². The quantitative estimate of drug-likeness (QED) is 0.825. The van der Waals surface area contributed by atoms with Crippen LogP contribution in [0, 0.1) is 17.5 Å². The summed E-state index contributed by atoms with van der Waals surface area (Å²) < 4.78 is 40.1. The molecule has 3 nitrogen and oxygen atoms in total. The smallest absolute Gasteiger partial charge is 0.256 e. The van der Waals surface area contributed by atoms with E-state index in [4.69, 9.17) is 5.73 Å². The molecule has 0 spiro atoms. The van der Waals surface area contributed by atoms with Crippen LogP contribution >= 0.6 is 24.2 Å². The molecule has 0 aromatic heterocycles. The number of carbonyl (C=O) groups excluding carboxylic acids is 1. The molecule has 0 saturated heterocycles. The van der Waals surface area contributed by atoms with Crippen molar-refractivity contribution in [2.45, 2.75) is 17.4 Å². The summed E-state index contributed by atoms with van der Waals surface area (Å²) in [4.78, 5) is 12.9. The fourth-order valence-electron chi connectivity index (χ4n) is 2.46. The van der Waals surface area contributed by atoms with Gasteiger partial charge < -0.3 is 11.1 Å². The summed E-state index contributed by atoms with van der Waals surface area (Å²) in [5.74, 6) is -2.33. The molecule has 8 heteroatoms. The number of nitrogens with one attached hydrogen (secondary N) is 1. The van der Waals surface area contributed by atoms with Crippen LogP contribution in [0.1, 0.15) is 28.4 Å². The van der Waals surface area contributed by atoms with E-state index >= 15 is 0 Å². The molecule has 0 radical (unpaired) electrons. The van der Waals surface area contributed by atoms with E-state index in [2.05, 4.69) is 5.32 Å². The molecule has 1 aliphatic heterocycles. The van der Waals surface area contributed by atoms with E-state index in [9.17, 15) is 18.0 Å². The number of hydrogen-bond acceptors (Lipinski definition) is 3. The zero-order valence-corrected chi connectivity index (χ0v) is 13.9. The predicted octanol–water partition coefficient (Wildman–Crippen LogP) is 4.27. The van der Waals surface area contributed by atoms with Crippen LogP contribution in [-0.2, 0) is 0 Å². The first-order valence-electron chi connectivity index (χ1n) is 6.94. The summed E-state index contributed by atoms with van der Waals surface area (Å²) in [5.41, 5.74) is 6.65. The van der Waals surface area contributed by atoms with Crippen LogP contribution in [0.4, 0.5) is 18.9 Å². The molecule has 3 rings (SSSR count). The molecular formula is C16H14ClF3N2OS. The molecule has 128 valence electrons. The monoisotopic (exact) mass is 374 g/mol. The number of nitrogens with two attached hydrogens (primary N) is 1. The lowest BCUT2D eigenvalue weighted by Gasteiger charge is -2.24. The normalized spacial score (nSPS) is 16.1. The lowest BCUT2D eigenvalue weighted by molar-refractivity contribution is 0.102. The van der Waals surface area contributed by atoms with Gasteiger partial charge in [0.05, 0.1) is 5.56 Å². The van der Waals surface area contributed by atoms with Gasteiger partial charge in [0.25, 0.3) is 5.91 Å². The highest BCUT2D eigenvalue weighted by Crippen LogP contribution is 2.39. The van der Waals surface area contributed by atoms with Crippen LogP contribution in [0.3, 0.4) is 0 Å². The van der Waals surface area contributed by atoms with E-state index in [1.54, 1.807) is 0 Å². The Bertz CT molecular complexity index is 788. The largest absolute Gasteiger partial charge is 0.324 e. The number of amides is 1. The number of rotatable bonds is 2. The van der Waals surface area contributed by atoms with Crippen molar-refractivity contribution in [1.29, 1.82) is 0 Å². The fourth-order valence-corrected chi connectivity index (χ4v) is 3.76. The number of fused-ring (bicyclic) bond motifs is 1. The molecule has 0 unspecified atom stereocenters. The first kappa shape index (κ1) is 18.6. The van der Waals surface area contributed by atoms with Crippen molar-refractivity contribution >= 4 is 35.8 Å². The van der Waals surface area contributed by atoms with Gasteiger partial charge in [-0.15, -0.1) is 24.2 Å². The van der Waals surface area contributed by atoms with Crippen LogP contribution in [0.25, 0.3) is 0 Å². The van der Waals surface area contributed by atoms with Crippen molar-refractivity contribution in [1.82, 2.24) is 0 Å². The predicted molar refractivity (Wildman–Crippen MR) is 90.2 cm³/mol. The summed E-state index contributed by atoms with van der Waals surface area (Å²) in [6.07, 6.45) is 0.628. The molecule has 1 amide bonds. The summed E-state index contributed by atoms with van der Waals surface area (Å²) in [5, 5.41) is 2.49. The van der Waals surface area contributed by atoms with Gasteiger partial charge >= 0.3 is 0 Å². The average Bonchev–Trinajstić information content (AvgIpc) is 2.51. The maximum absolute atomic E-state index is 14.0.